The third kappa shape index (κ3) is 4.10. The molecule has 2 saturated heterocycles. The lowest BCUT2D eigenvalue weighted by Gasteiger charge is -2.36. The van der Waals surface area contributed by atoms with Crippen LogP contribution in [0.25, 0.3) is 0 Å². The van der Waals surface area contributed by atoms with Crippen molar-refractivity contribution in [1.82, 2.24) is 10.2 Å². The summed E-state index contributed by atoms with van der Waals surface area (Å²) in [6.45, 7) is 1.13. The molecule has 0 saturated carbocycles. The van der Waals surface area contributed by atoms with Gasteiger partial charge in [-0.05, 0) is 49.9 Å². The number of piperidine rings is 1. The molecule has 2 N–H and O–H groups in total. The molecule has 2 aliphatic heterocycles. The molecule has 136 valence electrons. The van der Waals surface area contributed by atoms with Crippen LogP contribution in [0.4, 0.5) is 14.9 Å². The van der Waals surface area contributed by atoms with Crippen LogP contribution in [0.3, 0.4) is 0 Å². The van der Waals surface area contributed by atoms with Crippen LogP contribution in [0.5, 0.6) is 0 Å². The predicted octanol–water partition coefficient (Wildman–Crippen LogP) is 1.88. The van der Waals surface area contributed by atoms with E-state index in [0.717, 1.165) is 19.3 Å². The number of halogens is 1. The fourth-order valence-corrected chi connectivity index (χ4v) is 3.65. The van der Waals surface area contributed by atoms with Gasteiger partial charge in [0.15, 0.2) is 0 Å². The molecule has 1 aromatic rings. The predicted molar refractivity (Wildman–Crippen MR) is 91.7 cm³/mol. The number of nitrogens with zero attached hydrogens (tertiary/aromatic N) is 2. The lowest BCUT2D eigenvalue weighted by atomic mass is 10.00. The zero-order valence-corrected chi connectivity index (χ0v) is 14.2. The van der Waals surface area contributed by atoms with Crippen LogP contribution in [0.1, 0.15) is 32.1 Å². The van der Waals surface area contributed by atoms with Gasteiger partial charge in [-0.2, -0.15) is 0 Å². The topological polar surface area (TPSA) is 72.9 Å². The molecule has 2 aliphatic rings. The van der Waals surface area contributed by atoms with Gasteiger partial charge in [0.05, 0.1) is 6.04 Å². The summed E-state index contributed by atoms with van der Waals surface area (Å²) < 4.78 is 13.0. The average molecular weight is 349 g/mol. The number of carbonyl (C=O) groups is 2. The van der Waals surface area contributed by atoms with Crippen LogP contribution in [0.2, 0.25) is 0 Å². The maximum Gasteiger partial charge on any atom is 0.317 e. The largest absolute Gasteiger partial charge is 0.396 e. The maximum atomic E-state index is 13.0. The summed E-state index contributed by atoms with van der Waals surface area (Å²) in [5.74, 6) is -0.428. The van der Waals surface area contributed by atoms with E-state index in [1.807, 2.05) is 0 Å². The lowest BCUT2D eigenvalue weighted by molar-refractivity contribution is -0.117. The summed E-state index contributed by atoms with van der Waals surface area (Å²) in [5.41, 5.74) is 0.638. The van der Waals surface area contributed by atoms with Gasteiger partial charge in [0.25, 0.3) is 0 Å². The van der Waals surface area contributed by atoms with Crippen molar-refractivity contribution in [2.24, 2.45) is 0 Å². The van der Waals surface area contributed by atoms with Crippen molar-refractivity contribution < 1.29 is 19.1 Å². The number of nitrogens with one attached hydrogen (secondary N) is 1. The number of aliphatic hydroxyl groups is 1. The minimum Gasteiger partial charge on any atom is -0.396 e. The van der Waals surface area contributed by atoms with Gasteiger partial charge in [0.2, 0.25) is 5.91 Å². The maximum absolute atomic E-state index is 13.0. The highest BCUT2D eigenvalue weighted by molar-refractivity contribution is 5.96. The molecule has 25 heavy (non-hydrogen) atoms. The molecule has 7 heteroatoms. The highest BCUT2D eigenvalue weighted by Crippen LogP contribution is 2.23. The number of carbonyl (C=O) groups excluding carboxylic acids is 2. The summed E-state index contributed by atoms with van der Waals surface area (Å²) >= 11 is 0. The molecular formula is C18H24FN3O3. The minimum atomic E-state index is -0.347. The first kappa shape index (κ1) is 17.7. The number of hydrogen-bond acceptors (Lipinski definition) is 3. The smallest absolute Gasteiger partial charge is 0.317 e. The van der Waals surface area contributed by atoms with Crippen molar-refractivity contribution in [3.63, 3.8) is 0 Å². The van der Waals surface area contributed by atoms with Crippen LogP contribution in [0, 0.1) is 5.82 Å². The van der Waals surface area contributed by atoms with Gasteiger partial charge >= 0.3 is 6.03 Å². The molecule has 2 heterocycles. The van der Waals surface area contributed by atoms with E-state index in [9.17, 15) is 19.1 Å². The van der Waals surface area contributed by atoms with E-state index in [0.29, 0.717) is 25.2 Å². The number of benzene rings is 1. The fraction of sp³-hybridized carbons (Fsp3) is 0.556. The van der Waals surface area contributed by atoms with Crippen molar-refractivity contribution in [2.75, 3.05) is 24.6 Å². The Labute approximate surface area is 146 Å². The Morgan fingerprint density at radius 1 is 1.28 bits per heavy atom. The van der Waals surface area contributed by atoms with E-state index in [-0.39, 0.29) is 42.9 Å². The second-order valence-electron chi connectivity index (χ2n) is 6.69. The lowest BCUT2D eigenvalue weighted by Crippen LogP contribution is -2.52. The molecule has 2 fully saturated rings. The van der Waals surface area contributed by atoms with Gasteiger partial charge in [-0.15, -0.1) is 0 Å². The normalized spacial score (nSPS) is 23.8. The van der Waals surface area contributed by atoms with Crippen molar-refractivity contribution in [3.8, 4) is 0 Å². The monoisotopic (exact) mass is 349 g/mol. The van der Waals surface area contributed by atoms with Crippen molar-refractivity contribution >= 4 is 17.6 Å². The molecule has 6 nitrogen and oxygen atoms in total. The third-order valence-corrected chi connectivity index (χ3v) is 4.94. The van der Waals surface area contributed by atoms with Crippen LogP contribution < -0.4 is 10.2 Å². The molecule has 0 aliphatic carbocycles. The highest BCUT2D eigenvalue weighted by Gasteiger charge is 2.34. The Bertz CT molecular complexity index is 620. The van der Waals surface area contributed by atoms with Crippen LogP contribution in [-0.4, -0.2) is 53.7 Å². The van der Waals surface area contributed by atoms with E-state index in [1.165, 1.54) is 12.1 Å². The molecule has 0 bridgehead atoms. The number of likely N-dealkylation sites (tertiary alicyclic amines) is 1. The summed E-state index contributed by atoms with van der Waals surface area (Å²) in [6.07, 6.45) is 3.75. The Kier molecular flexibility index (Phi) is 5.53. The van der Waals surface area contributed by atoms with Gasteiger partial charge in [-0.25, -0.2) is 9.18 Å². The van der Waals surface area contributed by atoms with Gasteiger partial charge in [-0.3, -0.25) is 4.79 Å². The van der Waals surface area contributed by atoms with Gasteiger partial charge < -0.3 is 20.2 Å². The molecule has 3 rings (SSSR count). The minimum absolute atomic E-state index is 0.0593. The molecule has 0 spiro atoms. The first-order valence-corrected chi connectivity index (χ1v) is 8.82. The molecule has 0 radical (unpaired) electrons. The van der Waals surface area contributed by atoms with Gasteiger partial charge in [0.1, 0.15) is 5.82 Å². The van der Waals surface area contributed by atoms with Crippen LogP contribution in [-0.2, 0) is 4.79 Å². The van der Waals surface area contributed by atoms with Crippen molar-refractivity contribution in [1.29, 1.82) is 0 Å². The fourth-order valence-electron chi connectivity index (χ4n) is 3.65. The SMILES string of the molecule is O=C1C[C@@H](NC(=O)N2CCCC[C@H]2CCO)CN1c1ccc(F)cc1. The molecule has 0 aromatic heterocycles. The van der Waals surface area contributed by atoms with Crippen molar-refractivity contribution in [2.45, 2.75) is 44.2 Å². The average Bonchev–Trinajstić information content (AvgIpc) is 2.96. The van der Waals surface area contributed by atoms with Crippen LogP contribution in [0.15, 0.2) is 24.3 Å². The summed E-state index contributed by atoms with van der Waals surface area (Å²) in [5, 5.41) is 12.1. The number of rotatable bonds is 4. The summed E-state index contributed by atoms with van der Waals surface area (Å²) in [7, 11) is 0. The number of amides is 3. The second-order valence-corrected chi connectivity index (χ2v) is 6.69. The van der Waals surface area contributed by atoms with E-state index >= 15 is 0 Å². The first-order valence-electron chi connectivity index (χ1n) is 8.82. The zero-order chi connectivity index (χ0) is 17.8. The number of hydrogen-bond donors (Lipinski definition) is 2. The number of urea groups is 1. The summed E-state index contributed by atoms with van der Waals surface area (Å²) in [4.78, 5) is 28.2. The van der Waals surface area contributed by atoms with Gasteiger partial charge in [0, 0.05) is 37.8 Å². The Morgan fingerprint density at radius 2 is 2.04 bits per heavy atom. The van der Waals surface area contributed by atoms with E-state index in [1.54, 1.807) is 21.9 Å². The standard InChI is InChI=1S/C18H24FN3O3/c19-13-4-6-16(7-5-13)22-12-14(11-17(22)24)20-18(25)21-9-2-1-3-15(21)8-10-23/h4-7,14-15,23H,1-3,8-12H2,(H,20,25)/t14-,15+/m1/s1. The molecule has 2 atom stereocenters. The Morgan fingerprint density at radius 3 is 2.76 bits per heavy atom. The van der Waals surface area contributed by atoms with Gasteiger partial charge in [-0.1, -0.05) is 0 Å². The van der Waals surface area contributed by atoms with E-state index < -0.39 is 0 Å². The van der Waals surface area contributed by atoms with Crippen molar-refractivity contribution in [3.05, 3.63) is 30.1 Å². The number of anilines is 1. The van der Waals surface area contributed by atoms with Crippen LogP contribution >= 0.6 is 0 Å². The number of aliphatic hydroxyl groups excluding tert-OH is 1. The van der Waals surface area contributed by atoms with E-state index in [4.69, 9.17) is 0 Å². The molecule has 0 unspecified atom stereocenters. The molecule has 3 amide bonds. The molecule has 1 aromatic carbocycles. The third-order valence-electron chi connectivity index (χ3n) is 4.94. The first-order chi connectivity index (χ1) is 12.1. The second kappa shape index (κ2) is 7.82. The Hall–Kier alpha value is -2.15. The Balaban J connectivity index is 1.60. The molecular weight excluding hydrogens is 325 g/mol. The highest BCUT2D eigenvalue weighted by atomic mass is 19.1. The zero-order valence-electron chi connectivity index (χ0n) is 14.2. The quantitative estimate of drug-likeness (QED) is 0.872. The summed E-state index contributed by atoms with van der Waals surface area (Å²) in [6, 6.07) is 5.41. The van der Waals surface area contributed by atoms with E-state index in [2.05, 4.69) is 5.32 Å².